The van der Waals surface area contributed by atoms with Gasteiger partial charge in [-0.25, -0.2) is 4.98 Å². The Hall–Kier alpha value is -3.64. The first-order valence-corrected chi connectivity index (χ1v) is 9.68. The largest absolute Gasteiger partial charge is 0.495 e. The molecule has 152 valence electrons. The van der Waals surface area contributed by atoms with Crippen molar-refractivity contribution < 1.29 is 14.3 Å². The highest BCUT2D eigenvalue weighted by Gasteiger charge is 2.12. The molecule has 6 nitrogen and oxygen atoms in total. The molecule has 4 rings (SSSR count). The highest BCUT2D eigenvalue weighted by atomic mass is 16.5. The van der Waals surface area contributed by atoms with Crippen LogP contribution in [0.5, 0.6) is 5.75 Å². The number of carbonyl (C=O) groups is 1. The summed E-state index contributed by atoms with van der Waals surface area (Å²) < 4.78 is 12.9. The lowest BCUT2D eigenvalue weighted by Crippen LogP contribution is -2.18. The first kappa shape index (κ1) is 19.7. The molecule has 1 N–H and O–H groups in total. The molecule has 2 aromatic heterocycles. The van der Waals surface area contributed by atoms with Gasteiger partial charge in [-0.15, -0.1) is 0 Å². The number of imidazole rings is 1. The number of aromatic nitrogens is 2. The highest BCUT2D eigenvalue weighted by molar-refractivity contribution is 5.94. The van der Waals surface area contributed by atoms with Crippen LogP contribution in [0.4, 0.5) is 5.69 Å². The second-order valence-electron chi connectivity index (χ2n) is 6.99. The number of benzene rings is 2. The summed E-state index contributed by atoms with van der Waals surface area (Å²) in [6, 6.07) is 19.4. The van der Waals surface area contributed by atoms with Crippen LogP contribution in [0.1, 0.15) is 11.1 Å². The van der Waals surface area contributed by atoms with E-state index in [9.17, 15) is 4.79 Å². The summed E-state index contributed by atoms with van der Waals surface area (Å²) in [5.41, 5.74) is 5.32. The molecule has 2 aromatic carbocycles. The Balaban J connectivity index is 1.49. The Labute approximate surface area is 175 Å². The Morgan fingerprint density at radius 3 is 2.70 bits per heavy atom. The number of rotatable bonds is 7. The molecule has 0 unspecified atom stereocenters. The molecule has 0 radical (unpaired) electrons. The summed E-state index contributed by atoms with van der Waals surface area (Å²) in [5.74, 6) is 0.335. The number of hydrogen-bond donors (Lipinski definition) is 1. The van der Waals surface area contributed by atoms with Gasteiger partial charge in [0.1, 0.15) is 18.0 Å². The van der Waals surface area contributed by atoms with Crippen molar-refractivity contribution in [3.05, 3.63) is 84.2 Å². The van der Waals surface area contributed by atoms with Crippen molar-refractivity contribution in [2.24, 2.45) is 0 Å². The molecular weight excluding hydrogens is 378 g/mol. The van der Waals surface area contributed by atoms with Gasteiger partial charge in [-0.05, 0) is 42.3 Å². The van der Waals surface area contributed by atoms with Crippen LogP contribution in [-0.4, -0.2) is 29.0 Å². The molecule has 0 bridgehead atoms. The van der Waals surface area contributed by atoms with Gasteiger partial charge in [0, 0.05) is 18.0 Å². The zero-order valence-electron chi connectivity index (χ0n) is 17.0. The van der Waals surface area contributed by atoms with Crippen LogP contribution in [0.25, 0.3) is 16.9 Å². The van der Waals surface area contributed by atoms with Crippen LogP contribution in [0.15, 0.2) is 73.1 Å². The van der Waals surface area contributed by atoms with E-state index >= 15 is 0 Å². The maximum atomic E-state index is 12.4. The summed E-state index contributed by atoms with van der Waals surface area (Å²) in [5, 5.41) is 2.88. The van der Waals surface area contributed by atoms with Crippen molar-refractivity contribution in [1.82, 2.24) is 9.38 Å². The van der Waals surface area contributed by atoms with Crippen LogP contribution < -0.4 is 10.1 Å². The Morgan fingerprint density at radius 1 is 1.10 bits per heavy atom. The summed E-state index contributed by atoms with van der Waals surface area (Å²) in [7, 11) is 1.57. The molecule has 6 heteroatoms. The summed E-state index contributed by atoms with van der Waals surface area (Å²) in [6.45, 7) is 2.36. The van der Waals surface area contributed by atoms with E-state index in [0.717, 1.165) is 28.0 Å². The van der Waals surface area contributed by atoms with Gasteiger partial charge in [0.25, 0.3) is 0 Å². The molecule has 4 aromatic rings. The number of nitrogens with zero attached hydrogens (tertiary/aromatic N) is 2. The van der Waals surface area contributed by atoms with E-state index in [4.69, 9.17) is 14.5 Å². The van der Waals surface area contributed by atoms with Crippen molar-refractivity contribution in [3.8, 4) is 17.0 Å². The second-order valence-corrected chi connectivity index (χ2v) is 6.99. The summed E-state index contributed by atoms with van der Waals surface area (Å²) in [6.07, 6.45) is 3.94. The van der Waals surface area contributed by atoms with Crippen molar-refractivity contribution in [1.29, 1.82) is 0 Å². The molecule has 0 aliphatic rings. The minimum atomic E-state index is -0.243. The van der Waals surface area contributed by atoms with Crippen LogP contribution in [0.3, 0.4) is 0 Å². The molecule has 0 aliphatic carbocycles. The number of pyridine rings is 1. The number of hydrogen-bond acceptors (Lipinski definition) is 4. The van der Waals surface area contributed by atoms with Crippen molar-refractivity contribution in [2.45, 2.75) is 13.5 Å². The molecule has 0 saturated carbocycles. The number of ether oxygens (including phenoxy) is 2. The molecular formula is C24H23N3O3. The van der Waals surface area contributed by atoms with E-state index in [1.54, 1.807) is 7.11 Å². The topological polar surface area (TPSA) is 64.9 Å². The van der Waals surface area contributed by atoms with Gasteiger partial charge in [0.05, 0.1) is 25.1 Å². The van der Waals surface area contributed by atoms with E-state index in [0.29, 0.717) is 18.0 Å². The minimum absolute atomic E-state index is 0.0458. The quantitative estimate of drug-likeness (QED) is 0.496. The Bertz CT molecular complexity index is 1170. The number of fused-ring (bicyclic) bond motifs is 1. The molecule has 30 heavy (non-hydrogen) atoms. The Kier molecular flexibility index (Phi) is 5.77. The minimum Gasteiger partial charge on any atom is -0.495 e. The van der Waals surface area contributed by atoms with E-state index in [1.165, 1.54) is 0 Å². The highest BCUT2D eigenvalue weighted by Crippen LogP contribution is 2.30. The van der Waals surface area contributed by atoms with Crippen LogP contribution >= 0.6 is 0 Å². The fraction of sp³-hybridized carbons (Fsp3) is 0.167. The van der Waals surface area contributed by atoms with E-state index < -0.39 is 0 Å². The van der Waals surface area contributed by atoms with Crippen LogP contribution in [0, 0.1) is 6.92 Å². The molecule has 2 heterocycles. The van der Waals surface area contributed by atoms with Crippen molar-refractivity contribution >= 4 is 17.2 Å². The number of anilines is 1. The van der Waals surface area contributed by atoms with Gasteiger partial charge in [0.15, 0.2) is 0 Å². The lowest BCUT2D eigenvalue weighted by molar-refractivity contribution is -0.121. The van der Waals surface area contributed by atoms with Gasteiger partial charge < -0.3 is 19.2 Å². The van der Waals surface area contributed by atoms with E-state index in [2.05, 4.69) is 5.32 Å². The summed E-state index contributed by atoms with van der Waals surface area (Å²) in [4.78, 5) is 17.1. The monoisotopic (exact) mass is 401 g/mol. The number of aryl methyl sites for hydroxylation is 1. The molecule has 0 fully saturated rings. The fourth-order valence-corrected chi connectivity index (χ4v) is 3.28. The molecule has 0 atom stereocenters. The number of methoxy groups -OCH3 is 1. The van der Waals surface area contributed by atoms with Crippen molar-refractivity contribution in [3.63, 3.8) is 0 Å². The smallest absolute Gasteiger partial charge is 0.250 e. The predicted octanol–water partition coefficient (Wildman–Crippen LogP) is 4.47. The number of amides is 1. The normalized spacial score (nSPS) is 10.9. The zero-order chi connectivity index (χ0) is 20.9. The van der Waals surface area contributed by atoms with E-state index in [1.807, 2.05) is 84.4 Å². The standard InChI is InChI=1S/C24H23N3O3/c1-17-7-6-12-27-14-21(26-24(17)27)19-10-11-22(29-2)20(13-19)25-23(28)16-30-15-18-8-4-3-5-9-18/h3-14H,15-16H2,1-2H3,(H,25,28). The van der Waals surface area contributed by atoms with Crippen LogP contribution in [0.2, 0.25) is 0 Å². The summed E-state index contributed by atoms with van der Waals surface area (Å²) >= 11 is 0. The van der Waals surface area contributed by atoms with Gasteiger partial charge >= 0.3 is 0 Å². The number of nitrogens with one attached hydrogen (secondary N) is 1. The Morgan fingerprint density at radius 2 is 1.93 bits per heavy atom. The van der Waals surface area contributed by atoms with Gasteiger partial charge in [-0.2, -0.15) is 0 Å². The first-order valence-electron chi connectivity index (χ1n) is 9.68. The second kappa shape index (κ2) is 8.80. The van der Waals surface area contributed by atoms with Crippen LogP contribution in [-0.2, 0) is 16.1 Å². The van der Waals surface area contributed by atoms with E-state index in [-0.39, 0.29) is 12.5 Å². The van der Waals surface area contributed by atoms with Crippen molar-refractivity contribution in [2.75, 3.05) is 19.0 Å². The lowest BCUT2D eigenvalue weighted by Gasteiger charge is -2.12. The third-order valence-corrected chi connectivity index (χ3v) is 4.79. The third-order valence-electron chi connectivity index (χ3n) is 4.79. The molecule has 0 aliphatic heterocycles. The zero-order valence-corrected chi connectivity index (χ0v) is 17.0. The maximum Gasteiger partial charge on any atom is 0.250 e. The molecule has 0 spiro atoms. The number of carbonyl (C=O) groups excluding carboxylic acids is 1. The third kappa shape index (κ3) is 4.34. The van der Waals surface area contributed by atoms with Gasteiger partial charge in [-0.3, -0.25) is 4.79 Å². The molecule has 1 amide bonds. The van der Waals surface area contributed by atoms with Gasteiger partial charge in [-0.1, -0.05) is 36.4 Å². The maximum absolute atomic E-state index is 12.4. The fourth-order valence-electron chi connectivity index (χ4n) is 3.28. The van der Waals surface area contributed by atoms with Gasteiger partial charge in [0.2, 0.25) is 5.91 Å². The molecule has 0 saturated heterocycles. The first-order chi connectivity index (χ1) is 14.6. The average Bonchev–Trinajstić information content (AvgIpc) is 3.20. The average molecular weight is 401 g/mol. The predicted molar refractivity (Wildman–Crippen MR) is 117 cm³/mol. The lowest BCUT2D eigenvalue weighted by atomic mass is 10.1. The SMILES string of the molecule is COc1ccc(-c2cn3cccc(C)c3n2)cc1NC(=O)COCc1ccccc1.